The number of aryl methyl sites for hydroxylation is 2. The maximum absolute atomic E-state index is 3.79. The third kappa shape index (κ3) is 3.39. The van der Waals surface area contributed by atoms with Crippen LogP contribution in [-0.2, 0) is 13.6 Å². The molecule has 0 spiro atoms. The molecule has 1 aliphatic rings. The van der Waals surface area contributed by atoms with Gasteiger partial charge in [-0.3, -0.25) is 0 Å². The Balaban J connectivity index is 0.00000105. The van der Waals surface area contributed by atoms with E-state index in [1.54, 1.807) is 0 Å². The number of H-pyrrole nitrogens is 1. The number of nitrogens with zero attached hydrogens (tertiary/aromatic N) is 2. The molecule has 0 saturated heterocycles. The lowest BCUT2D eigenvalue weighted by molar-refractivity contribution is 0.295. The van der Waals surface area contributed by atoms with Crippen molar-refractivity contribution < 1.29 is 0 Å². The first-order valence-electron chi connectivity index (χ1n) is 11.5. The zero-order valence-corrected chi connectivity index (χ0v) is 20.4. The van der Waals surface area contributed by atoms with Gasteiger partial charge in [-0.25, -0.2) is 0 Å². The molecule has 0 amide bonds. The van der Waals surface area contributed by atoms with Crippen molar-refractivity contribution >= 4 is 33.1 Å². The Kier molecular flexibility index (Phi) is 5.44. The van der Waals surface area contributed by atoms with Crippen molar-refractivity contribution in [3.8, 4) is 10.4 Å². The first-order valence-corrected chi connectivity index (χ1v) is 12.4. The molecule has 0 bridgehead atoms. The number of likely N-dealkylation sites (N-methyl/N-ethyl adjacent to an activating group) is 1. The monoisotopic (exact) mass is 441 g/mol. The lowest BCUT2D eigenvalue weighted by atomic mass is 9.88. The van der Waals surface area contributed by atoms with Crippen molar-refractivity contribution in [2.45, 2.75) is 33.2 Å². The van der Waals surface area contributed by atoms with E-state index < -0.39 is 0 Å². The zero-order chi connectivity index (χ0) is 22.4. The number of thiophene rings is 1. The number of nitrogens with one attached hydrogen (secondary N) is 1. The number of benzene rings is 2. The second-order valence-corrected chi connectivity index (χ2v) is 9.64. The first kappa shape index (κ1) is 21.0. The lowest BCUT2D eigenvalue weighted by Crippen LogP contribution is -2.30. The second-order valence-electron chi connectivity index (χ2n) is 8.72. The number of aromatic amines is 1. The molecule has 164 valence electrons. The van der Waals surface area contributed by atoms with E-state index in [9.17, 15) is 0 Å². The van der Waals surface area contributed by atoms with Crippen LogP contribution in [0, 0.1) is 6.92 Å². The molecule has 32 heavy (non-hydrogen) atoms. The van der Waals surface area contributed by atoms with E-state index in [2.05, 4.69) is 95.6 Å². The van der Waals surface area contributed by atoms with E-state index in [1.807, 2.05) is 25.2 Å². The Morgan fingerprint density at radius 2 is 1.84 bits per heavy atom. The van der Waals surface area contributed by atoms with Gasteiger partial charge in [-0.15, -0.1) is 11.3 Å². The molecule has 4 heterocycles. The van der Waals surface area contributed by atoms with Crippen molar-refractivity contribution in [2.75, 3.05) is 13.6 Å². The minimum atomic E-state index is 0.358. The topological polar surface area (TPSA) is 24.0 Å². The summed E-state index contributed by atoms with van der Waals surface area (Å²) in [5.74, 6) is 0.358. The molecule has 1 aliphatic heterocycles. The van der Waals surface area contributed by atoms with Crippen molar-refractivity contribution in [1.82, 2.24) is 14.5 Å². The molecule has 4 heteroatoms. The van der Waals surface area contributed by atoms with Gasteiger partial charge in [0, 0.05) is 59.2 Å². The largest absolute Gasteiger partial charge is 0.358 e. The van der Waals surface area contributed by atoms with Crippen LogP contribution < -0.4 is 0 Å². The normalized spacial score (nSPS) is 16.2. The summed E-state index contributed by atoms with van der Waals surface area (Å²) in [4.78, 5) is 7.64. The first-order chi connectivity index (χ1) is 15.6. The SMILES string of the molecule is CC.Cc1ccc2[nH]c3c(c2c1)CN(C)CC3c1ccsc1-c1ccc2ccn(C)c2c1. The number of hydrogen-bond donors (Lipinski definition) is 1. The fourth-order valence-electron chi connectivity index (χ4n) is 5.07. The molecular weight excluding hydrogens is 410 g/mol. The van der Waals surface area contributed by atoms with Crippen LogP contribution in [0.2, 0.25) is 0 Å². The predicted octanol–water partition coefficient (Wildman–Crippen LogP) is 7.30. The molecule has 0 fully saturated rings. The summed E-state index contributed by atoms with van der Waals surface area (Å²) in [5.41, 5.74) is 9.47. The van der Waals surface area contributed by atoms with Crippen LogP contribution in [0.25, 0.3) is 32.2 Å². The minimum Gasteiger partial charge on any atom is -0.358 e. The summed E-state index contributed by atoms with van der Waals surface area (Å²) >= 11 is 1.86. The van der Waals surface area contributed by atoms with Gasteiger partial charge < -0.3 is 14.5 Å². The second kappa shape index (κ2) is 8.27. The van der Waals surface area contributed by atoms with Crippen LogP contribution >= 0.6 is 11.3 Å². The van der Waals surface area contributed by atoms with E-state index in [0.29, 0.717) is 5.92 Å². The van der Waals surface area contributed by atoms with E-state index >= 15 is 0 Å². The highest BCUT2D eigenvalue weighted by molar-refractivity contribution is 7.13. The molecular formula is C28H31N3S. The Labute approximate surface area is 194 Å². The summed E-state index contributed by atoms with van der Waals surface area (Å²) in [7, 11) is 4.36. The van der Waals surface area contributed by atoms with Crippen molar-refractivity contribution in [1.29, 1.82) is 0 Å². The molecule has 6 rings (SSSR count). The third-order valence-electron chi connectivity index (χ3n) is 6.59. The van der Waals surface area contributed by atoms with E-state index in [0.717, 1.165) is 13.1 Å². The van der Waals surface area contributed by atoms with Crippen LogP contribution in [-0.4, -0.2) is 28.0 Å². The average Bonchev–Trinajstić information content (AvgIpc) is 3.52. The van der Waals surface area contributed by atoms with Crippen LogP contribution in [0.4, 0.5) is 0 Å². The summed E-state index contributed by atoms with van der Waals surface area (Å²) in [5, 5.41) is 4.93. The molecule has 0 radical (unpaired) electrons. The highest BCUT2D eigenvalue weighted by Crippen LogP contribution is 2.43. The number of rotatable bonds is 2. The smallest absolute Gasteiger partial charge is 0.0484 e. The molecule has 1 unspecified atom stereocenters. The van der Waals surface area contributed by atoms with Gasteiger partial charge in [0.1, 0.15) is 0 Å². The van der Waals surface area contributed by atoms with Crippen LogP contribution in [0.5, 0.6) is 0 Å². The molecule has 0 saturated carbocycles. The molecule has 2 aromatic carbocycles. The van der Waals surface area contributed by atoms with Gasteiger partial charge in [0.2, 0.25) is 0 Å². The van der Waals surface area contributed by atoms with Gasteiger partial charge in [-0.1, -0.05) is 37.6 Å². The van der Waals surface area contributed by atoms with Crippen LogP contribution in [0.3, 0.4) is 0 Å². The summed E-state index contributed by atoms with van der Waals surface area (Å²) in [6.45, 7) is 8.22. The fourth-order valence-corrected chi connectivity index (χ4v) is 6.03. The minimum absolute atomic E-state index is 0.358. The lowest BCUT2D eigenvalue weighted by Gasteiger charge is -2.30. The molecule has 1 atom stereocenters. The van der Waals surface area contributed by atoms with Crippen LogP contribution in [0.15, 0.2) is 60.1 Å². The highest BCUT2D eigenvalue weighted by Gasteiger charge is 2.30. The summed E-state index contributed by atoms with van der Waals surface area (Å²) in [6, 6.07) is 18.2. The standard InChI is InChI=1S/C26H25N3S.C2H6/c1-16-4-7-23-20(12-16)22-15-28(2)14-21(25(22)27-23)19-9-11-30-26(19)18-6-5-17-8-10-29(3)24(17)13-18;1-2/h4-13,21,27H,14-15H2,1-3H3;1-2H3. The van der Waals surface area contributed by atoms with Gasteiger partial charge in [-0.2, -0.15) is 0 Å². The number of aromatic nitrogens is 2. The summed E-state index contributed by atoms with van der Waals surface area (Å²) < 4.78 is 2.21. The van der Waals surface area contributed by atoms with E-state index in [4.69, 9.17) is 0 Å². The zero-order valence-electron chi connectivity index (χ0n) is 19.6. The van der Waals surface area contributed by atoms with Gasteiger partial charge in [0.05, 0.1) is 0 Å². The highest BCUT2D eigenvalue weighted by atomic mass is 32.1. The number of fused-ring (bicyclic) bond motifs is 4. The van der Waals surface area contributed by atoms with E-state index in [-0.39, 0.29) is 0 Å². The van der Waals surface area contributed by atoms with Gasteiger partial charge in [0.25, 0.3) is 0 Å². The van der Waals surface area contributed by atoms with E-state index in [1.165, 1.54) is 54.6 Å². The van der Waals surface area contributed by atoms with Gasteiger partial charge in [0.15, 0.2) is 0 Å². The quantitative estimate of drug-likeness (QED) is 0.305. The number of hydrogen-bond acceptors (Lipinski definition) is 2. The molecule has 1 N–H and O–H groups in total. The Bertz CT molecular complexity index is 1400. The molecule has 3 aromatic heterocycles. The molecule has 5 aromatic rings. The van der Waals surface area contributed by atoms with Gasteiger partial charge in [-0.05, 0) is 71.8 Å². The van der Waals surface area contributed by atoms with Crippen molar-refractivity contribution in [3.05, 3.63) is 82.5 Å². The van der Waals surface area contributed by atoms with Gasteiger partial charge >= 0.3 is 0 Å². The third-order valence-corrected chi connectivity index (χ3v) is 7.57. The molecule has 3 nitrogen and oxygen atoms in total. The average molecular weight is 442 g/mol. The Morgan fingerprint density at radius 1 is 1.00 bits per heavy atom. The fraction of sp³-hybridized carbons (Fsp3) is 0.286. The van der Waals surface area contributed by atoms with Crippen LogP contribution in [0.1, 0.15) is 42.1 Å². The maximum Gasteiger partial charge on any atom is 0.0484 e. The Morgan fingerprint density at radius 3 is 2.69 bits per heavy atom. The predicted molar refractivity (Wildman–Crippen MR) is 139 cm³/mol. The molecule has 0 aliphatic carbocycles. The maximum atomic E-state index is 3.79. The van der Waals surface area contributed by atoms with Crippen molar-refractivity contribution in [3.63, 3.8) is 0 Å². The Hall–Kier alpha value is -2.82. The van der Waals surface area contributed by atoms with Crippen molar-refractivity contribution in [2.24, 2.45) is 7.05 Å². The summed E-state index contributed by atoms with van der Waals surface area (Å²) in [6.07, 6.45) is 2.14.